The molecule has 2 aromatic heterocycles. The molecule has 1 fully saturated rings. The monoisotopic (exact) mass is 566 g/mol. The molecule has 0 unspecified atom stereocenters. The summed E-state index contributed by atoms with van der Waals surface area (Å²) < 4.78 is 20.0. The molecule has 4 aromatic rings. The zero-order valence-corrected chi connectivity index (χ0v) is 23.6. The van der Waals surface area contributed by atoms with E-state index in [0.29, 0.717) is 29.8 Å². The van der Waals surface area contributed by atoms with Crippen molar-refractivity contribution < 1.29 is 19.0 Å². The number of ether oxygens (including phenoxy) is 1. The normalized spacial score (nSPS) is 16.7. The third kappa shape index (κ3) is 5.70. The molecule has 0 aliphatic carbocycles. The zero-order chi connectivity index (χ0) is 30.0. The summed E-state index contributed by atoms with van der Waals surface area (Å²) in [5, 5.41) is 11.0. The number of methoxy groups -OCH3 is 1. The Balaban J connectivity index is 1.56. The van der Waals surface area contributed by atoms with Gasteiger partial charge < -0.3 is 20.5 Å². The van der Waals surface area contributed by atoms with Crippen LogP contribution in [0.3, 0.4) is 0 Å². The fourth-order valence-corrected chi connectivity index (χ4v) is 5.45. The van der Waals surface area contributed by atoms with Gasteiger partial charge in [0.05, 0.1) is 30.9 Å². The van der Waals surface area contributed by atoms with Crippen LogP contribution in [0.2, 0.25) is 0 Å². The maximum Gasteiger partial charge on any atom is 0.197 e. The van der Waals surface area contributed by atoms with E-state index in [2.05, 4.69) is 19.8 Å². The first kappa shape index (κ1) is 28.8. The van der Waals surface area contributed by atoms with Gasteiger partial charge in [-0.15, -0.1) is 0 Å². The first-order valence-corrected chi connectivity index (χ1v) is 13.5. The molecule has 42 heavy (non-hydrogen) atoms. The number of anilines is 1. The number of aliphatic hydroxyl groups is 1. The van der Waals surface area contributed by atoms with Gasteiger partial charge in [0.2, 0.25) is 0 Å². The molecule has 10 heteroatoms. The van der Waals surface area contributed by atoms with E-state index in [1.165, 1.54) is 31.5 Å². The molecular weight excluding hydrogens is 535 g/mol. The first-order chi connectivity index (χ1) is 20.1. The van der Waals surface area contributed by atoms with E-state index in [1.807, 2.05) is 23.1 Å². The minimum Gasteiger partial charge on any atom is -0.496 e. The van der Waals surface area contributed by atoms with Crippen LogP contribution in [0.5, 0.6) is 5.75 Å². The minimum atomic E-state index is -1.07. The topological polar surface area (TPSA) is 119 Å². The molecule has 2 aromatic carbocycles. The van der Waals surface area contributed by atoms with Gasteiger partial charge in [0, 0.05) is 48.8 Å². The van der Waals surface area contributed by atoms with Gasteiger partial charge >= 0.3 is 0 Å². The highest BCUT2D eigenvalue weighted by molar-refractivity contribution is 5.97. The second kappa shape index (κ2) is 11.6. The van der Waals surface area contributed by atoms with Crippen molar-refractivity contribution in [3.63, 3.8) is 0 Å². The van der Waals surface area contributed by atoms with Gasteiger partial charge in [-0.25, -0.2) is 19.2 Å². The van der Waals surface area contributed by atoms with Crippen LogP contribution in [0, 0.1) is 12.4 Å². The second-order valence-electron chi connectivity index (χ2n) is 10.8. The van der Waals surface area contributed by atoms with Crippen LogP contribution >= 0.6 is 0 Å². The largest absolute Gasteiger partial charge is 0.496 e. The fraction of sp³-hybridized carbons (Fsp3) is 0.281. The van der Waals surface area contributed by atoms with Crippen LogP contribution in [0.4, 0.5) is 15.8 Å². The summed E-state index contributed by atoms with van der Waals surface area (Å²) >= 11 is 0. The highest BCUT2D eigenvalue weighted by Crippen LogP contribution is 2.38. The van der Waals surface area contributed by atoms with Crippen molar-refractivity contribution in [1.82, 2.24) is 15.0 Å². The van der Waals surface area contributed by atoms with Crippen molar-refractivity contribution in [2.24, 2.45) is 5.73 Å². The number of nitrogens with two attached hydrogens (primary N) is 1. The first-order valence-electron chi connectivity index (χ1n) is 13.5. The number of rotatable bonds is 8. The van der Waals surface area contributed by atoms with Gasteiger partial charge in [0.15, 0.2) is 17.3 Å². The lowest BCUT2D eigenvalue weighted by Crippen LogP contribution is -2.46. The van der Waals surface area contributed by atoms with Gasteiger partial charge in [-0.05, 0) is 61.7 Å². The van der Waals surface area contributed by atoms with Gasteiger partial charge in [-0.3, -0.25) is 9.78 Å². The molecule has 1 aliphatic rings. The Kier molecular flexibility index (Phi) is 7.98. The molecule has 5 rings (SSSR count). The molecule has 3 N–H and O–H groups in total. The van der Waals surface area contributed by atoms with E-state index < -0.39 is 11.4 Å². The molecule has 1 saturated heterocycles. The van der Waals surface area contributed by atoms with Crippen molar-refractivity contribution in [2.45, 2.75) is 44.4 Å². The number of nitrogens with zero attached hydrogens (tertiary/aromatic N) is 5. The number of carbonyl (C=O) groups is 1. The van der Waals surface area contributed by atoms with Crippen LogP contribution in [0.15, 0.2) is 67.1 Å². The lowest BCUT2D eigenvalue weighted by Gasteiger charge is -2.36. The van der Waals surface area contributed by atoms with Crippen molar-refractivity contribution in [1.29, 1.82) is 0 Å². The summed E-state index contributed by atoms with van der Waals surface area (Å²) in [5.74, 6) is -0.555. The summed E-state index contributed by atoms with van der Waals surface area (Å²) in [4.78, 5) is 32.1. The van der Waals surface area contributed by atoms with E-state index in [-0.39, 0.29) is 47.1 Å². The molecule has 2 atom stereocenters. The predicted molar refractivity (Wildman–Crippen MR) is 158 cm³/mol. The summed E-state index contributed by atoms with van der Waals surface area (Å²) in [6.45, 7) is 11.6. The number of hydrogen-bond acceptors (Lipinski definition) is 8. The third-order valence-electron chi connectivity index (χ3n) is 7.48. The number of ketones is 1. The SMILES string of the molecule is [C-]#[N+]c1ccncc1-c1ccc(CC(=O)c2ccnc(-c3c(F)cccc3OC)n2)c(N2C[C@@H](N)C[C@H]2C(C)(C)O)c1. The Morgan fingerprint density at radius 1 is 1.24 bits per heavy atom. The Bertz CT molecular complexity index is 1680. The molecule has 0 amide bonds. The second-order valence-corrected chi connectivity index (χ2v) is 10.8. The number of hydrogen-bond donors (Lipinski definition) is 2. The van der Waals surface area contributed by atoms with Crippen molar-refractivity contribution in [3.8, 4) is 28.3 Å². The van der Waals surface area contributed by atoms with Gasteiger partial charge in [-0.2, -0.15) is 0 Å². The van der Waals surface area contributed by atoms with Crippen molar-refractivity contribution >= 4 is 17.2 Å². The summed E-state index contributed by atoms with van der Waals surface area (Å²) in [6.07, 6.45) is 5.18. The molecule has 0 radical (unpaired) electrons. The molecule has 214 valence electrons. The highest BCUT2D eigenvalue weighted by atomic mass is 19.1. The Labute approximate surface area is 243 Å². The van der Waals surface area contributed by atoms with E-state index in [1.54, 1.807) is 38.4 Å². The zero-order valence-electron chi connectivity index (χ0n) is 23.6. The molecular formula is C32H31FN6O3. The van der Waals surface area contributed by atoms with E-state index in [0.717, 1.165) is 11.3 Å². The predicted octanol–water partition coefficient (Wildman–Crippen LogP) is 5.01. The number of aromatic nitrogens is 3. The summed E-state index contributed by atoms with van der Waals surface area (Å²) in [5.41, 5.74) is 8.79. The Morgan fingerprint density at radius 2 is 2.05 bits per heavy atom. The lowest BCUT2D eigenvalue weighted by atomic mass is 9.93. The number of Topliss-reactive ketones (excluding diaryl/α,β-unsaturated/α-hetero) is 1. The van der Waals surface area contributed by atoms with Crippen LogP contribution in [-0.4, -0.2) is 57.2 Å². The summed E-state index contributed by atoms with van der Waals surface area (Å²) in [7, 11) is 1.43. The fourth-order valence-electron chi connectivity index (χ4n) is 5.45. The van der Waals surface area contributed by atoms with E-state index >= 15 is 0 Å². The number of halogens is 1. The quantitative estimate of drug-likeness (QED) is 0.226. The van der Waals surface area contributed by atoms with Gasteiger partial charge in [0.1, 0.15) is 17.3 Å². The van der Waals surface area contributed by atoms with Crippen LogP contribution in [-0.2, 0) is 6.42 Å². The Morgan fingerprint density at radius 3 is 2.79 bits per heavy atom. The smallest absolute Gasteiger partial charge is 0.197 e. The molecule has 1 aliphatic heterocycles. The van der Waals surface area contributed by atoms with Crippen molar-refractivity contribution in [2.75, 3.05) is 18.6 Å². The maximum absolute atomic E-state index is 14.7. The molecule has 0 saturated carbocycles. The minimum absolute atomic E-state index is 0.0203. The van der Waals surface area contributed by atoms with Crippen LogP contribution in [0.25, 0.3) is 27.4 Å². The number of benzene rings is 2. The molecule has 0 bridgehead atoms. The Hall–Kier alpha value is -4.72. The molecule has 0 spiro atoms. The average molecular weight is 567 g/mol. The van der Waals surface area contributed by atoms with Crippen LogP contribution < -0.4 is 15.4 Å². The van der Waals surface area contributed by atoms with Crippen molar-refractivity contribution in [3.05, 3.63) is 95.6 Å². The van der Waals surface area contributed by atoms with Gasteiger partial charge in [-0.1, -0.05) is 18.2 Å². The highest BCUT2D eigenvalue weighted by Gasteiger charge is 2.40. The number of pyridine rings is 1. The third-order valence-corrected chi connectivity index (χ3v) is 7.48. The number of carbonyl (C=O) groups excluding carboxylic acids is 1. The van der Waals surface area contributed by atoms with E-state index in [4.69, 9.17) is 17.0 Å². The summed E-state index contributed by atoms with van der Waals surface area (Å²) in [6, 6.07) is 12.7. The molecule has 9 nitrogen and oxygen atoms in total. The van der Waals surface area contributed by atoms with Crippen LogP contribution in [0.1, 0.15) is 36.3 Å². The van der Waals surface area contributed by atoms with E-state index in [9.17, 15) is 14.3 Å². The molecule has 3 heterocycles. The standard InChI is InChI=1S/C32H31FN6O3/c1-32(2,41)29-16-21(34)18-39(29)26-14-19(22-17-36-12-10-24(22)35-3)8-9-20(26)15-27(40)25-11-13-37-31(38-25)30-23(33)6-5-7-28(30)42-4/h5-14,17,21,29,41H,15-16,18,34H2,1-2,4H3/t21-,29-/m0/s1. The average Bonchev–Trinajstić information content (AvgIpc) is 3.39. The lowest BCUT2D eigenvalue weighted by molar-refractivity contribution is 0.0529. The van der Waals surface area contributed by atoms with Gasteiger partial charge in [0.25, 0.3) is 0 Å². The maximum atomic E-state index is 14.7.